The summed E-state index contributed by atoms with van der Waals surface area (Å²) in [5.41, 5.74) is 1.37. The number of benzene rings is 1. The van der Waals surface area contributed by atoms with Crippen LogP contribution in [0.4, 0.5) is 0 Å². The number of amides is 1. The molecule has 21 heavy (non-hydrogen) atoms. The molecule has 0 saturated heterocycles. The summed E-state index contributed by atoms with van der Waals surface area (Å²) in [4.78, 5) is 14.3. The molecule has 112 valence electrons. The Kier molecular flexibility index (Phi) is 5.79. The lowest BCUT2D eigenvalue weighted by atomic mass is 9.91. The molecule has 1 aliphatic rings. The van der Waals surface area contributed by atoms with Gasteiger partial charge in [-0.25, -0.2) is 0 Å². The summed E-state index contributed by atoms with van der Waals surface area (Å²) >= 11 is 0. The highest BCUT2D eigenvalue weighted by molar-refractivity contribution is 5.94. The molecule has 0 spiro atoms. The average molecular weight is 287 g/mol. The van der Waals surface area contributed by atoms with Crippen LogP contribution in [-0.2, 0) is 0 Å². The summed E-state index contributed by atoms with van der Waals surface area (Å²) in [6, 6.07) is 7.47. The third kappa shape index (κ3) is 4.07. The number of hydrogen-bond donors (Lipinski definition) is 2. The molecule has 1 fully saturated rings. The van der Waals surface area contributed by atoms with Crippen molar-refractivity contribution in [2.24, 2.45) is 0 Å². The Morgan fingerprint density at radius 1 is 1.29 bits per heavy atom. The fourth-order valence-electron chi connectivity index (χ4n) is 2.37. The van der Waals surface area contributed by atoms with Crippen molar-refractivity contribution in [3.05, 3.63) is 35.4 Å². The molecule has 4 nitrogen and oxygen atoms in total. The predicted octanol–water partition coefficient (Wildman–Crippen LogP) is 1.41. The lowest BCUT2D eigenvalue weighted by molar-refractivity contribution is 0.0526. The third-order valence-electron chi connectivity index (χ3n) is 3.70. The average Bonchev–Trinajstić information content (AvgIpc) is 2.45. The van der Waals surface area contributed by atoms with Crippen LogP contribution >= 0.6 is 0 Å². The first-order valence-electron chi connectivity index (χ1n) is 7.38. The highest BCUT2D eigenvalue weighted by Gasteiger charge is 2.28. The Morgan fingerprint density at radius 2 is 2.10 bits per heavy atom. The number of carbonyl (C=O) groups is 1. The van der Waals surface area contributed by atoms with Gasteiger partial charge in [0.15, 0.2) is 0 Å². The van der Waals surface area contributed by atoms with Crippen molar-refractivity contribution in [3.63, 3.8) is 0 Å². The molecule has 0 bridgehead atoms. The van der Waals surface area contributed by atoms with Crippen LogP contribution in [0.2, 0.25) is 0 Å². The number of carbonyl (C=O) groups excluding carboxylic acids is 1. The zero-order chi connectivity index (χ0) is 15.1. The van der Waals surface area contributed by atoms with Crippen LogP contribution in [0.5, 0.6) is 0 Å². The molecule has 0 radical (unpaired) electrons. The van der Waals surface area contributed by atoms with Gasteiger partial charge in [0, 0.05) is 30.1 Å². The van der Waals surface area contributed by atoms with Crippen LogP contribution in [0.25, 0.3) is 0 Å². The maximum absolute atomic E-state index is 12.6. The van der Waals surface area contributed by atoms with E-state index in [9.17, 15) is 4.79 Å². The topological polar surface area (TPSA) is 60.8 Å². The van der Waals surface area contributed by atoms with Gasteiger partial charge in [0.25, 0.3) is 5.91 Å². The highest BCUT2D eigenvalue weighted by atomic mass is 16.3. The zero-order valence-electron chi connectivity index (χ0n) is 12.1. The summed E-state index contributed by atoms with van der Waals surface area (Å²) in [6.45, 7) is 0.403. The lowest BCUT2D eigenvalue weighted by Gasteiger charge is -2.37. The second-order valence-electron chi connectivity index (χ2n) is 5.16. The first-order valence-corrected chi connectivity index (χ1v) is 7.38. The quantitative estimate of drug-likeness (QED) is 0.805. The first kappa shape index (κ1) is 15.6. The second-order valence-corrected chi connectivity index (χ2v) is 5.16. The Morgan fingerprint density at radius 3 is 2.71 bits per heavy atom. The summed E-state index contributed by atoms with van der Waals surface area (Å²) in [7, 11) is 0. The maximum atomic E-state index is 12.6. The van der Waals surface area contributed by atoms with Gasteiger partial charge < -0.3 is 15.1 Å². The fourth-order valence-corrected chi connectivity index (χ4v) is 2.37. The summed E-state index contributed by atoms with van der Waals surface area (Å²) in [5.74, 6) is 5.75. The third-order valence-corrected chi connectivity index (χ3v) is 3.70. The predicted molar refractivity (Wildman–Crippen MR) is 80.8 cm³/mol. The molecule has 4 heteroatoms. The van der Waals surface area contributed by atoms with Crippen molar-refractivity contribution >= 4 is 5.91 Å². The van der Waals surface area contributed by atoms with E-state index in [1.165, 1.54) is 0 Å². The standard InChI is InChI=1S/C17H21NO3/c19-11-2-1-5-14-6-3-7-15(13-14)17(21)18(10-12-20)16-8-4-9-16/h3,6-7,13,16,19-20H,2,4,8-12H2. The molecule has 0 unspecified atom stereocenters. The molecule has 1 aromatic rings. The lowest BCUT2D eigenvalue weighted by Crippen LogP contribution is -2.45. The largest absolute Gasteiger partial charge is 0.395 e. The SMILES string of the molecule is O=C(c1cccc(C#CCCO)c1)N(CCO)C1CCC1. The van der Waals surface area contributed by atoms with Crippen LogP contribution in [0.1, 0.15) is 41.6 Å². The molecule has 2 rings (SSSR count). The van der Waals surface area contributed by atoms with E-state index in [0.717, 1.165) is 24.8 Å². The number of aliphatic hydroxyl groups excluding tert-OH is 2. The van der Waals surface area contributed by atoms with Crippen LogP contribution in [0, 0.1) is 11.8 Å². The van der Waals surface area contributed by atoms with E-state index in [-0.39, 0.29) is 25.2 Å². The van der Waals surface area contributed by atoms with Gasteiger partial charge in [-0.15, -0.1) is 0 Å². The molecule has 0 heterocycles. The molecule has 1 saturated carbocycles. The number of rotatable bonds is 5. The number of nitrogens with zero attached hydrogens (tertiary/aromatic N) is 1. The maximum Gasteiger partial charge on any atom is 0.254 e. The molecule has 1 amide bonds. The molecule has 0 aromatic heterocycles. The summed E-state index contributed by atoms with van der Waals surface area (Å²) < 4.78 is 0. The second kappa shape index (κ2) is 7.82. The monoisotopic (exact) mass is 287 g/mol. The van der Waals surface area contributed by atoms with Crippen LogP contribution in [0.15, 0.2) is 24.3 Å². The van der Waals surface area contributed by atoms with Gasteiger partial charge in [-0.2, -0.15) is 0 Å². The van der Waals surface area contributed by atoms with Gasteiger partial charge in [-0.05, 0) is 37.5 Å². The Hall–Kier alpha value is -1.83. The fraction of sp³-hybridized carbons (Fsp3) is 0.471. The number of hydrogen-bond acceptors (Lipinski definition) is 3. The van der Waals surface area contributed by atoms with Gasteiger partial charge in [0.2, 0.25) is 0 Å². The molecule has 0 atom stereocenters. The van der Waals surface area contributed by atoms with Crippen molar-refractivity contribution in [1.29, 1.82) is 0 Å². The van der Waals surface area contributed by atoms with E-state index in [1.807, 2.05) is 12.1 Å². The first-order chi connectivity index (χ1) is 10.3. The normalized spacial score (nSPS) is 14.0. The van der Waals surface area contributed by atoms with Crippen molar-refractivity contribution in [1.82, 2.24) is 4.90 Å². The van der Waals surface area contributed by atoms with Crippen molar-refractivity contribution in [3.8, 4) is 11.8 Å². The number of aliphatic hydroxyl groups is 2. The van der Waals surface area contributed by atoms with Gasteiger partial charge in [-0.3, -0.25) is 4.79 Å². The minimum absolute atomic E-state index is 0.0156. The van der Waals surface area contributed by atoms with Gasteiger partial charge >= 0.3 is 0 Å². The minimum atomic E-state index is -0.0421. The van der Waals surface area contributed by atoms with Crippen LogP contribution in [-0.4, -0.2) is 46.8 Å². The molecule has 1 aliphatic carbocycles. The van der Waals surface area contributed by atoms with E-state index in [2.05, 4.69) is 11.8 Å². The van der Waals surface area contributed by atoms with Crippen LogP contribution in [0.3, 0.4) is 0 Å². The zero-order valence-corrected chi connectivity index (χ0v) is 12.1. The summed E-state index contributed by atoms with van der Waals surface area (Å²) in [6.07, 6.45) is 3.60. The molecular weight excluding hydrogens is 266 g/mol. The molecule has 1 aromatic carbocycles. The van der Waals surface area contributed by atoms with E-state index in [4.69, 9.17) is 10.2 Å². The Labute approximate surface area is 125 Å². The molecule has 2 N–H and O–H groups in total. The van der Waals surface area contributed by atoms with Gasteiger partial charge in [-0.1, -0.05) is 17.9 Å². The van der Waals surface area contributed by atoms with E-state index < -0.39 is 0 Å². The van der Waals surface area contributed by atoms with Gasteiger partial charge in [0.1, 0.15) is 0 Å². The van der Waals surface area contributed by atoms with Crippen molar-refractivity contribution in [2.45, 2.75) is 31.7 Å². The minimum Gasteiger partial charge on any atom is -0.395 e. The van der Waals surface area contributed by atoms with E-state index >= 15 is 0 Å². The van der Waals surface area contributed by atoms with Crippen molar-refractivity contribution < 1.29 is 15.0 Å². The van der Waals surface area contributed by atoms with E-state index in [1.54, 1.807) is 17.0 Å². The van der Waals surface area contributed by atoms with E-state index in [0.29, 0.717) is 18.5 Å². The molecular formula is C17H21NO3. The Balaban J connectivity index is 2.13. The highest BCUT2D eigenvalue weighted by Crippen LogP contribution is 2.26. The summed E-state index contributed by atoms with van der Waals surface area (Å²) in [5, 5.41) is 17.9. The Bertz CT molecular complexity index is 540. The molecule has 0 aliphatic heterocycles. The smallest absolute Gasteiger partial charge is 0.254 e. The van der Waals surface area contributed by atoms with Gasteiger partial charge in [0.05, 0.1) is 13.2 Å². The van der Waals surface area contributed by atoms with Crippen LogP contribution < -0.4 is 0 Å². The van der Waals surface area contributed by atoms with Crippen molar-refractivity contribution in [2.75, 3.05) is 19.8 Å².